The number of esters is 1. The Labute approximate surface area is 212 Å². The lowest BCUT2D eigenvalue weighted by atomic mass is 10.0. The molecule has 3 aromatic carbocycles. The zero-order chi connectivity index (χ0) is 27.4. The fourth-order valence-corrected chi connectivity index (χ4v) is 3.56. The Balaban J connectivity index is 1.78. The predicted octanol–water partition coefficient (Wildman–Crippen LogP) is 6.63. The molecular formula is C28H27F3O6. The number of aromatic hydroxyl groups is 1. The van der Waals surface area contributed by atoms with E-state index in [1.807, 2.05) is 24.3 Å². The van der Waals surface area contributed by atoms with Crippen molar-refractivity contribution >= 4 is 11.9 Å². The molecule has 0 radical (unpaired) electrons. The Hall–Kier alpha value is -4.01. The van der Waals surface area contributed by atoms with Crippen molar-refractivity contribution in [2.75, 3.05) is 0 Å². The molecule has 0 spiro atoms. The lowest BCUT2D eigenvalue weighted by Gasteiger charge is -2.22. The predicted molar refractivity (Wildman–Crippen MR) is 130 cm³/mol. The monoisotopic (exact) mass is 516 g/mol. The first-order valence-corrected chi connectivity index (χ1v) is 11.4. The summed E-state index contributed by atoms with van der Waals surface area (Å²) in [6, 6.07) is 16.2. The molecule has 0 aromatic heterocycles. The first-order chi connectivity index (χ1) is 17.2. The van der Waals surface area contributed by atoms with Gasteiger partial charge in [0.2, 0.25) is 0 Å². The SMILES string of the molecule is CC(C)(C)OC(=O)c1c(COc2ccc(-c3ccc(CCC(=O)O)cc3)cc2)ccc(C(F)(F)F)c1O. The maximum atomic E-state index is 13.3. The van der Waals surface area contributed by atoms with Crippen LogP contribution in [0.1, 0.15) is 54.2 Å². The highest BCUT2D eigenvalue weighted by molar-refractivity contribution is 5.95. The smallest absolute Gasteiger partial charge is 0.419 e. The number of alkyl halides is 3. The number of benzene rings is 3. The van der Waals surface area contributed by atoms with E-state index in [-0.39, 0.29) is 18.6 Å². The molecule has 0 heterocycles. The van der Waals surface area contributed by atoms with Crippen LogP contribution >= 0.6 is 0 Å². The van der Waals surface area contributed by atoms with Gasteiger partial charge in [0.15, 0.2) is 0 Å². The van der Waals surface area contributed by atoms with Crippen LogP contribution in [-0.2, 0) is 28.7 Å². The van der Waals surface area contributed by atoms with E-state index in [9.17, 15) is 27.9 Å². The van der Waals surface area contributed by atoms with Crippen molar-refractivity contribution in [2.45, 2.75) is 52.0 Å². The molecule has 6 nitrogen and oxygen atoms in total. The van der Waals surface area contributed by atoms with Crippen molar-refractivity contribution in [3.05, 3.63) is 82.9 Å². The van der Waals surface area contributed by atoms with Crippen molar-refractivity contribution in [1.29, 1.82) is 0 Å². The Bertz CT molecular complexity index is 1260. The number of halogens is 3. The minimum Gasteiger partial charge on any atom is -0.506 e. The zero-order valence-electron chi connectivity index (χ0n) is 20.6. The van der Waals surface area contributed by atoms with Gasteiger partial charge in [-0.3, -0.25) is 4.79 Å². The average Bonchev–Trinajstić information content (AvgIpc) is 2.80. The number of hydrogen-bond acceptors (Lipinski definition) is 5. The highest BCUT2D eigenvalue weighted by atomic mass is 19.4. The summed E-state index contributed by atoms with van der Waals surface area (Å²) >= 11 is 0. The number of phenolic OH excluding ortho intramolecular Hbond substituents is 1. The number of phenols is 1. The lowest BCUT2D eigenvalue weighted by molar-refractivity contribution is -0.139. The van der Waals surface area contributed by atoms with Crippen LogP contribution in [0.15, 0.2) is 60.7 Å². The first-order valence-electron chi connectivity index (χ1n) is 11.4. The van der Waals surface area contributed by atoms with Crippen LogP contribution in [0.25, 0.3) is 11.1 Å². The molecule has 0 bridgehead atoms. The fraction of sp³-hybridized carbons (Fsp3) is 0.286. The van der Waals surface area contributed by atoms with Gasteiger partial charge in [-0.05, 0) is 62.1 Å². The van der Waals surface area contributed by atoms with E-state index in [0.717, 1.165) is 22.8 Å². The summed E-state index contributed by atoms with van der Waals surface area (Å²) in [5.74, 6) is -2.75. The average molecular weight is 517 g/mol. The maximum absolute atomic E-state index is 13.3. The second-order valence-electron chi connectivity index (χ2n) is 9.40. The van der Waals surface area contributed by atoms with Gasteiger partial charge in [-0.1, -0.05) is 42.5 Å². The number of aliphatic carboxylic acids is 1. The Morgan fingerprint density at radius 2 is 1.43 bits per heavy atom. The third kappa shape index (κ3) is 7.49. The molecule has 0 amide bonds. The Morgan fingerprint density at radius 3 is 1.95 bits per heavy atom. The lowest BCUT2D eigenvalue weighted by Crippen LogP contribution is -2.25. The molecule has 0 aliphatic heterocycles. The molecule has 9 heteroatoms. The van der Waals surface area contributed by atoms with Crippen LogP contribution in [0, 0.1) is 0 Å². The Morgan fingerprint density at radius 1 is 0.865 bits per heavy atom. The van der Waals surface area contributed by atoms with Gasteiger partial charge in [0, 0.05) is 12.0 Å². The number of carboxylic acid groups (broad SMARTS) is 1. The van der Waals surface area contributed by atoms with Gasteiger partial charge in [-0.25, -0.2) is 4.79 Å². The van der Waals surface area contributed by atoms with Gasteiger partial charge in [-0.2, -0.15) is 13.2 Å². The summed E-state index contributed by atoms with van der Waals surface area (Å²) in [7, 11) is 0. The van der Waals surface area contributed by atoms with Crippen LogP contribution in [0.3, 0.4) is 0 Å². The second-order valence-corrected chi connectivity index (χ2v) is 9.40. The quantitative estimate of drug-likeness (QED) is 0.327. The number of rotatable bonds is 8. The van der Waals surface area contributed by atoms with Crippen LogP contribution < -0.4 is 4.74 Å². The van der Waals surface area contributed by atoms with E-state index < -0.39 is 40.6 Å². The third-order valence-electron chi connectivity index (χ3n) is 5.34. The van der Waals surface area contributed by atoms with Gasteiger partial charge >= 0.3 is 18.1 Å². The largest absolute Gasteiger partial charge is 0.506 e. The second kappa shape index (κ2) is 10.9. The molecule has 0 fully saturated rings. The molecule has 37 heavy (non-hydrogen) atoms. The number of hydrogen-bond donors (Lipinski definition) is 2. The summed E-state index contributed by atoms with van der Waals surface area (Å²) in [5.41, 5.74) is -0.184. The molecule has 0 aliphatic rings. The van der Waals surface area contributed by atoms with E-state index >= 15 is 0 Å². The van der Waals surface area contributed by atoms with E-state index in [4.69, 9.17) is 14.6 Å². The normalized spacial score (nSPS) is 11.7. The van der Waals surface area contributed by atoms with Crippen LogP contribution in [0.5, 0.6) is 11.5 Å². The zero-order valence-corrected chi connectivity index (χ0v) is 20.6. The molecule has 3 aromatic rings. The minimum atomic E-state index is -4.86. The maximum Gasteiger partial charge on any atom is 0.419 e. The third-order valence-corrected chi connectivity index (χ3v) is 5.34. The Kier molecular flexibility index (Phi) is 8.15. The van der Waals surface area contributed by atoms with Crippen LogP contribution in [0.2, 0.25) is 0 Å². The molecule has 0 unspecified atom stereocenters. The topological polar surface area (TPSA) is 93.1 Å². The van der Waals surface area contributed by atoms with Crippen LogP contribution in [0.4, 0.5) is 13.2 Å². The number of aryl methyl sites for hydroxylation is 1. The van der Waals surface area contributed by atoms with E-state index in [2.05, 4.69) is 0 Å². The van der Waals surface area contributed by atoms with Gasteiger partial charge in [0.1, 0.15) is 29.3 Å². The van der Waals surface area contributed by atoms with Gasteiger partial charge in [0.25, 0.3) is 0 Å². The number of ether oxygens (including phenoxy) is 2. The highest BCUT2D eigenvalue weighted by Gasteiger charge is 2.37. The van der Waals surface area contributed by atoms with Crippen LogP contribution in [-0.4, -0.2) is 27.8 Å². The van der Waals surface area contributed by atoms with Gasteiger partial charge in [0.05, 0.1) is 5.56 Å². The minimum absolute atomic E-state index is 0.0424. The summed E-state index contributed by atoms with van der Waals surface area (Å²) in [6.45, 7) is 4.42. The molecule has 2 N–H and O–H groups in total. The first kappa shape index (κ1) is 27.6. The number of carboxylic acids is 1. The standard InChI is InChI=1S/C28H27F3O6/c1-27(2,3)37-26(35)24-20(11-14-22(25(24)34)28(29,30)31)16-36-21-12-9-19(10-13-21)18-7-4-17(5-8-18)6-15-23(32)33/h4-5,7-14,34H,6,15-16H2,1-3H3,(H,32,33). The molecule has 0 aliphatic carbocycles. The van der Waals surface area contributed by atoms with Crippen molar-refractivity contribution in [3.63, 3.8) is 0 Å². The van der Waals surface area contributed by atoms with Crippen molar-refractivity contribution < 1.29 is 42.4 Å². The summed E-state index contributed by atoms with van der Waals surface area (Å²) < 4.78 is 50.9. The molecule has 0 saturated carbocycles. The molecule has 0 atom stereocenters. The van der Waals surface area contributed by atoms with E-state index in [1.54, 1.807) is 45.0 Å². The van der Waals surface area contributed by atoms with E-state index in [0.29, 0.717) is 18.2 Å². The van der Waals surface area contributed by atoms with Crippen molar-refractivity contribution in [3.8, 4) is 22.6 Å². The highest BCUT2D eigenvalue weighted by Crippen LogP contribution is 2.39. The van der Waals surface area contributed by atoms with Crippen molar-refractivity contribution in [1.82, 2.24) is 0 Å². The van der Waals surface area contributed by atoms with E-state index in [1.165, 1.54) is 0 Å². The summed E-state index contributed by atoms with van der Waals surface area (Å²) in [5, 5.41) is 19.1. The van der Waals surface area contributed by atoms with Gasteiger partial charge in [-0.15, -0.1) is 0 Å². The molecule has 0 saturated heterocycles. The fourth-order valence-electron chi connectivity index (χ4n) is 3.56. The number of carbonyl (C=O) groups is 2. The summed E-state index contributed by atoms with van der Waals surface area (Å²) in [6.07, 6.45) is -4.37. The number of carbonyl (C=O) groups excluding carboxylic acids is 1. The summed E-state index contributed by atoms with van der Waals surface area (Å²) in [4.78, 5) is 23.4. The molecular weight excluding hydrogens is 489 g/mol. The molecule has 3 rings (SSSR count). The molecule has 196 valence electrons. The van der Waals surface area contributed by atoms with Crippen molar-refractivity contribution in [2.24, 2.45) is 0 Å². The van der Waals surface area contributed by atoms with Gasteiger partial charge < -0.3 is 19.7 Å².